The topological polar surface area (TPSA) is 40.5 Å². The van der Waals surface area contributed by atoms with Crippen molar-refractivity contribution in [3.63, 3.8) is 0 Å². The lowest BCUT2D eigenvalue weighted by atomic mass is 9.99. The molecule has 1 unspecified atom stereocenters. The number of hydrogen-bond donors (Lipinski definition) is 1. The molecule has 0 aromatic heterocycles. The van der Waals surface area contributed by atoms with E-state index < -0.39 is 11.9 Å². The Hall–Kier alpha value is -1.22. The van der Waals surface area contributed by atoms with Gasteiger partial charge in [0.1, 0.15) is 0 Å². The van der Waals surface area contributed by atoms with Crippen LogP contribution in [0.4, 0.5) is 5.69 Å². The summed E-state index contributed by atoms with van der Waals surface area (Å²) in [7, 11) is 3.73. The van der Waals surface area contributed by atoms with E-state index in [1.807, 2.05) is 31.1 Å². The fraction of sp³-hybridized carbons (Fsp3) is 0.364. The first-order valence-electron chi connectivity index (χ1n) is 4.63. The summed E-state index contributed by atoms with van der Waals surface area (Å²) in [4.78, 5) is 12.8. The van der Waals surface area contributed by atoms with Crippen molar-refractivity contribution in [1.29, 1.82) is 0 Å². The molecular weight excluding hydrogens is 214 g/mol. The summed E-state index contributed by atoms with van der Waals surface area (Å²) in [6.07, 6.45) is 0. The Morgan fingerprint density at radius 2 is 2.07 bits per heavy atom. The van der Waals surface area contributed by atoms with Gasteiger partial charge in [0.25, 0.3) is 0 Å². The van der Waals surface area contributed by atoms with Crippen LogP contribution in [0.15, 0.2) is 18.2 Å². The lowest BCUT2D eigenvalue weighted by molar-refractivity contribution is -0.138. The number of anilines is 1. The van der Waals surface area contributed by atoms with Crippen molar-refractivity contribution >= 4 is 23.3 Å². The van der Waals surface area contributed by atoms with Gasteiger partial charge in [-0.05, 0) is 19.1 Å². The molecule has 0 aliphatic carbocycles. The second-order valence-electron chi connectivity index (χ2n) is 3.63. The summed E-state index contributed by atoms with van der Waals surface area (Å²) in [5.74, 6) is -1.47. The van der Waals surface area contributed by atoms with Crippen molar-refractivity contribution < 1.29 is 9.90 Å². The molecule has 15 heavy (non-hydrogen) atoms. The van der Waals surface area contributed by atoms with Gasteiger partial charge < -0.3 is 10.0 Å². The Labute approximate surface area is 94.3 Å². The largest absolute Gasteiger partial charge is 0.481 e. The van der Waals surface area contributed by atoms with Crippen LogP contribution in [0.5, 0.6) is 0 Å². The highest BCUT2D eigenvalue weighted by Crippen LogP contribution is 2.33. The van der Waals surface area contributed by atoms with Crippen LogP contribution in [0.2, 0.25) is 5.02 Å². The zero-order chi connectivity index (χ0) is 11.6. The van der Waals surface area contributed by atoms with Crippen LogP contribution in [0.3, 0.4) is 0 Å². The number of nitrogens with zero attached hydrogens (tertiary/aromatic N) is 1. The van der Waals surface area contributed by atoms with E-state index in [0.29, 0.717) is 10.6 Å². The molecule has 1 aromatic carbocycles. The summed E-state index contributed by atoms with van der Waals surface area (Å²) < 4.78 is 0. The van der Waals surface area contributed by atoms with Crippen molar-refractivity contribution in [2.24, 2.45) is 0 Å². The molecule has 0 bridgehead atoms. The average molecular weight is 228 g/mol. The van der Waals surface area contributed by atoms with Crippen molar-refractivity contribution in [1.82, 2.24) is 0 Å². The maximum atomic E-state index is 10.9. The number of benzene rings is 1. The van der Waals surface area contributed by atoms with E-state index in [2.05, 4.69) is 0 Å². The van der Waals surface area contributed by atoms with Gasteiger partial charge in [-0.1, -0.05) is 17.7 Å². The second kappa shape index (κ2) is 4.53. The fourth-order valence-electron chi connectivity index (χ4n) is 1.47. The summed E-state index contributed by atoms with van der Waals surface area (Å²) in [6, 6.07) is 5.39. The van der Waals surface area contributed by atoms with Crippen LogP contribution in [-0.2, 0) is 4.79 Å². The third-order valence-corrected chi connectivity index (χ3v) is 2.64. The molecule has 0 radical (unpaired) electrons. The maximum absolute atomic E-state index is 10.9. The molecule has 0 aliphatic heterocycles. The number of rotatable bonds is 3. The predicted octanol–water partition coefficient (Wildman–Crippen LogP) is 2.59. The smallest absolute Gasteiger partial charge is 0.310 e. The second-order valence-corrected chi connectivity index (χ2v) is 4.03. The van der Waals surface area contributed by atoms with Gasteiger partial charge in [-0.3, -0.25) is 4.79 Å². The summed E-state index contributed by atoms with van der Waals surface area (Å²) in [5, 5.41) is 9.49. The molecule has 1 atom stereocenters. The van der Waals surface area contributed by atoms with Crippen molar-refractivity contribution in [3.8, 4) is 0 Å². The van der Waals surface area contributed by atoms with Gasteiger partial charge in [-0.15, -0.1) is 0 Å². The van der Waals surface area contributed by atoms with Crippen molar-refractivity contribution in [3.05, 3.63) is 28.8 Å². The molecule has 82 valence electrons. The summed E-state index contributed by atoms with van der Waals surface area (Å²) in [5.41, 5.74) is 1.51. The van der Waals surface area contributed by atoms with E-state index in [1.165, 1.54) is 0 Å². The fourth-order valence-corrected chi connectivity index (χ4v) is 1.80. The van der Waals surface area contributed by atoms with Gasteiger partial charge in [0.2, 0.25) is 0 Å². The third kappa shape index (κ3) is 2.42. The molecule has 1 N–H and O–H groups in total. The van der Waals surface area contributed by atoms with E-state index in [0.717, 1.165) is 5.69 Å². The molecular formula is C11H14ClNO2. The van der Waals surface area contributed by atoms with Gasteiger partial charge in [0.15, 0.2) is 0 Å². The Morgan fingerprint density at radius 3 is 2.53 bits per heavy atom. The number of aliphatic carboxylic acids is 1. The number of hydrogen-bond acceptors (Lipinski definition) is 2. The molecule has 1 aromatic rings. The Bertz CT molecular complexity index is 377. The quantitative estimate of drug-likeness (QED) is 0.863. The third-order valence-electron chi connectivity index (χ3n) is 2.32. The van der Waals surface area contributed by atoms with Crippen LogP contribution in [0.1, 0.15) is 18.4 Å². The van der Waals surface area contributed by atoms with Crippen LogP contribution in [0.25, 0.3) is 0 Å². The van der Waals surface area contributed by atoms with Gasteiger partial charge in [-0.2, -0.15) is 0 Å². The lowest BCUT2D eigenvalue weighted by Gasteiger charge is -2.20. The van der Waals surface area contributed by atoms with E-state index in [-0.39, 0.29) is 0 Å². The average Bonchev–Trinajstić information content (AvgIpc) is 2.16. The van der Waals surface area contributed by atoms with Gasteiger partial charge >= 0.3 is 5.97 Å². The van der Waals surface area contributed by atoms with Crippen molar-refractivity contribution in [2.75, 3.05) is 19.0 Å². The van der Waals surface area contributed by atoms with Crippen LogP contribution in [-0.4, -0.2) is 25.2 Å². The SMILES string of the molecule is CC(C(=O)O)c1c(Cl)cccc1N(C)C. The minimum absolute atomic E-state index is 0.496. The number of carboxylic acids is 1. The number of halogens is 1. The predicted molar refractivity (Wildman–Crippen MR) is 61.8 cm³/mol. The highest BCUT2D eigenvalue weighted by atomic mass is 35.5. The summed E-state index contributed by atoms with van der Waals surface area (Å²) in [6.45, 7) is 1.64. The molecule has 0 spiro atoms. The number of carboxylic acid groups (broad SMARTS) is 1. The molecule has 1 rings (SSSR count). The maximum Gasteiger partial charge on any atom is 0.310 e. The Morgan fingerprint density at radius 1 is 1.47 bits per heavy atom. The molecule has 0 heterocycles. The Kier molecular flexibility index (Phi) is 3.58. The molecule has 0 amide bonds. The van der Waals surface area contributed by atoms with Crippen LogP contribution < -0.4 is 4.90 Å². The number of carbonyl (C=O) groups is 1. The Balaban J connectivity index is 3.30. The molecule has 0 saturated carbocycles. The molecule has 0 saturated heterocycles. The molecule has 4 heteroatoms. The highest BCUT2D eigenvalue weighted by Gasteiger charge is 2.21. The monoisotopic (exact) mass is 227 g/mol. The minimum Gasteiger partial charge on any atom is -0.481 e. The molecule has 0 aliphatic rings. The van der Waals surface area contributed by atoms with E-state index in [1.54, 1.807) is 13.0 Å². The van der Waals surface area contributed by atoms with Crippen LogP contribution in [0, 0.1) is 0 Å². The standard InChI is InChI=1S/C11H14ClNO2/c1-7(11(14)15)10-8(12)5-4-6-9(10)13(2)3/h4-7H,1-3H3,(H,14,15). The first kappa shape index (κ1) is 11.9. The van der Waals surface area contributed by atoms with Gasteiger partial charge in [0, 0.05) is 30.4 Å². The first-order chi connectivity index (χ1) is 6.95. The molecule has 0 fully saturated rings. The summed E-state index contributed by atoms with van der Waals surface area (Å²) >= 11 is 6.02. The van der Waals surface area contributed by atoms with Crippen LogP contribution >= 0.6 is 11.6 Å². The van der Waals surface area contributed by atoms with Gasteiger partial charge in [0.05, 0.1) is 5.92 Å². The zero-order valence-corrected chi connectivity index (χ0v) is 9.75. The first-order valence-corrected chi connectivity index (χ1v) is 5.01. The minimum atomic E-state index is -0.869. The van der Waals surface area contributed by atoms with E-state index >= 15 is 0 Å². The molecule has 3 nitrogen and oxygen atoms in total. The van der Waals surface area contributed by atoms with E-state index in [9.17, 15) is 4.79 Å². The highest BCUT2D eigenvalue weighted by molar-refractivity contribution is 6.32. The van der Waals surface area contributed by atoms with E-state index in [4.69, 9.17) is 16.7 Å². The zero-order valence-electron chi connectivity index (χ0n) is 8.99. The normalized spacial score (nSPS) is 12.3. The van der Waals surface area contributed by atoms with Gasteiger partial charge in [-0.25, -0.2) is 0 Å². The lowest BCUT2D eigenvalue weighted by Crippen LogP contribution is -2.16. The van der Waals surface area contributed by atoms with Crippen molar-refractivity contribution in [2.45, 2.75) is 12.8 Å².